The number of nitrogens with zero attached hydrogens (tertiary/aromatic N) is 1. The van der Waals surface area contributed by atoms with E-state index >= 15 is 0 Å². The van der Waals surface area contributed by atoms with Crippen LogP contribution in [0.1, 0.15) is 37.4 Å². The van der Waals surface area contributed by atoms with Crippen LogP contribution in [0.5, 0.6) is 5.75 Å². The highest BCUT2D eigenvalue weighted by Crippen LogP contribution is 2.27. The number of rotatable bonds is 4. The number of ether oxygens (including phenoxy) is 1. The largest absolute Gasteiger partial charge is 0.497 e. The van der Waals surface area contributed by atoms with Gasteiger partial charge in [-0.2, -0.15) is 0 Å². The number of benzene rings is 1. The summed E-state index contributed by atoms with van der Waals surface area (Å²) in [5, 5.41) is 1.32. The van der Waals surface area contributed by atoms with E-state index in [1.54, 1.807) is 7.11 Å². The van der Waals surface area contributed by atoms with Gasteiger partial charge in [0.05, 0.1) is 7.11 Å². The normalized spacial score (nSPS) is 19.1. The van der Waals surface area contributed by atoms with Crippen molar-refractivity contribution in [3.05, 3.63) is 29.5 Å². The number of aromatic amines is 1. The minimum absolute atomic E-state index is 0. The topological polar surface area (TPSA) is 28.3 Å². The molecular formula is C18H27ClN2O. The van der Waals surface area contributed by atoms with Crippen LogP contribution in [-0.2, 0) is 6.42 Å². The van der Waals surface area contributed by atoms with E-state index in [9.17, 15) is 0 Å². The lowest BCUT2D eigenvalue weighted by Crippen LogP contribution is -2.38. The molecule has 1 aliphatic heterocycles. The predicted molar refractivity (Wildman–Crippen MR) is 95.4 cm³/mol. The zero-order chi connectivity index (χ0) is 14.8. The molecule has 2 heterocycles. The fourth-order valence-electron chi connectivity index (χ4n) is 3.56. The Hall–Kier alpha value is -1.19. The third-order valence-corrected chi connectivity index (χ3v) is 4.92. The third-order valence-electron chi connectivity index (χ3n) is 4.92. The van der Waals surface area contributed by atoms with Crippen LogP contribution in [0.15, 0.2) is 18.2 Å². The number of hydrogen-bond acceptors (Lipinski definition) is 2. The van der Waals surface area contributed by atoms with Crippen LogP contribution >= 0.6 is 12.4 Å². The molecule has 1 saturated heterocycles. The lowest BCUT2D eigenvalue weighted by Gasteiger charge is -2.33. The number of aryl methyl sites for hydroxylation is 1. The molecule has 0 radical (unpaired) electrons. The second-order valence-electron chi connectivity index (χ2n) is 6.27. The summed E-state index contributed by atoms with van der Waals surface area (Å²) in [5.41, 5.74) is 3.96. The van der Waals surface area contributed by atoms with Gasteiger partial charge in [-0.3, -0.25) is 0 Å². The Morgan fingerprint density at radius 1 is 1.32 bits per heavy atom. The molecule has 1 unspecified atom stereocenters. The molecule has 122 valence electrons. The van der Waals surface area contributed by atoms with E-state index in [0.717, 1.165) is 24.8 Å². The van der Waals surface area contributed by atoms with Crippen molar-refractivity contribution in [2.75, 3.05) is 20.2 Å². The SMILES string of the molecule is COc1ccc2[nH]c(C)c(CCN3CCCCC3C)c2c1.Cl. The van der Waals surface area contributed by atoms with Crippen LogP contribution in [0, 0.1) is 6.92 Å². The van der Waals surface area contributed by atoms with Crippen LogP contribution in [-0.4, -0.2) is 36.1 Å². The molecule has 1 fully saturated rings. The number of piperidine rings is 1. The van der Waals surface area contributed by atoms with Crippen molar-refractivity contribution in [3.63, 3.8) is 0 Å². The van der Waals surface area contributed by atoms with Gasteiger partial charge in [0.2, 0.25) is 0 Å². The maximum absolute atomic E-state index is 5.37. The second-order valence-corrected chi connectivity index (χ2v) is 6.27. The number of likely N-dealkylation sites (tertiary alicyclic amines) is 1. The van der Waals surface area contributed by atoms with Crippen molar-refractivity contribution in [2.24, 2.45) is 0 Å². The van der Waals surface area contributed by atoms with Crippen LogP contribution in [0.4, 0.5) is 0 Å². The summed E-state index contributed by atoms with van der Waals surface area (Å²) in [5.74, 6) is 0.939. The Balaban J connectivity index is 0.00000176. The zero-order valence-electron chi connectivity index (χ0n) is 13.8. The van der Waals surface area contributed by atoms with Crippen LogP contribution < -0.4 is 4.74 Å². The summed E-state index contributed by atoms with van der Waals surface area (Å²) in [6.45, 7) is 6.96. The first-order chi connectivity index (χ1) is 10.2. The molecule has 0 spiro atoms. The Morgan fingerprint density at radius 2 is 2.14 bits per heavy atom. The average Bonchev–Trinajstić information content (AvgIpc) is 2.81. The van der Waals surface area contributed by atoms with Gasteiger partial charge in [-0.25, -0.2) is 0 Å². The van der Waals surface area contributed by atoms with Crippen molar-refractivity contribution in [1.82, 2.24) is 9.88 Å². The molecule has 1 aromatic heterocycles. The molecule has 1 aromatic carbocycles. The quantitative estimate of drug-likeness (QED) is 0.907. The highest BCUT2D eigenvalue weighted by molar-refractivity contribution is 5.86. The lowest BCUT2D eigenvalue weighted by atomic mass is 10.0. The van der Waals surface area contributed by atoms with E-state index in [1.165, 1.54) is 48.0 Å². The van der Waals surface area contributed by atoms with Gasteiger partial charge in [0, 0.05) is 29.2 Å². The summed E-state index contributed by atoms with van der Waals surface area (Å²) in [4.78, 5) is 6.14. The van der Waals surface area contributed by atoms with E-state index in [2.05, 4.69) is 35.9 Å². The maximum Gasteiger partial charge on any atom is 0.119 e. The van der Waals surface area contributed by atoms with E-state index in [0.29, 0.717) is 0 Å². The standard InChI is InChI=1S/C18H26N2O.ClH/c1-13-6-4-5-10-20(13)11-9-16-14(2)19-18-8-7-15(21-3)12-17(16)18;/h7-8,12-13,19H,4-6,9-11H2,1-3H3;1H. The summed E-state index contributed by atoms with van der Waals surface area (Å²) < 4.78 is 5.37. The molecule has 0 amide bonds. The number of halogens is 1. The molecule has 2 aromatic rings. The highest BCUT2D eigenvalue weighted by Gasteiger charge is 2.19. The van der Waals surface area contributed by atoms with Crippen molar-refractivity contribution < 1.29 is 4.74 Å². The summed E-state index contributed by atoms with van der Waals surface area (Å²) in [6.07, 6.45) is 5.20. The number of H-pyrrole nitrogens is 1. The zero-order valence-corrected chi connectivity index (χ0v) is 14.6. The van der Waals surface area contributed by atoms with E-state index in [4.69, 9.17) is 4.74 Å². The summed E-state index contributed by atoms with van der Waals surface area (Å²) in [7, 11) is 1.73. The van der Waals surface area contributed by atoms with Crippen molar-refractivity contribution in [2.45, 2.75) is 45.6 Å². The highest BCUT2D eigenvalue weighted by atomic mass is 35.5. The predicted octanol–water partition coefficient (Wildman–Crippen LogP) is 4.32. The second kappa shape index (κ2) is 7.38. The molecule has 0 bridgehead atoms. The molecule has 22 heavy (non-hydrogen) atoms. The maximum atomic E-state index is 5.37. The van der Waals surface area contributed by atoms with E-state index in [1.807, 2.05) is 6.07 Å². The van der Waals surface area contributed by atoms with Crippen LogP contribution in [0.25, 0.3) is 10.9 Å². The fraction of sp³-hybridized carbons (Fsp3) is 0.556. The van der Waals surface area contributed by atoms with Crippen molar-refractivity contribution >= 4 is 23.3 Å². The van der Waals surface area contributed by atoms with E-state index in [-0.39, 0.29) is 12.4 Å². The Kier molecular flexibility index (Phi) is 5.76. The smallest absolute Gasteiger partial charge is 0.119 e. The number of hydrogen-bond donors (Lipinski definition) is 1. The molecular weight excluding hydrogens is 296 g/mol. The first-order valence-electron chi connectivity index (χ1n) is 8.08. The third kappa shape index (κ3) is 3.41. The summed E-state index contributed by atoms with van der Waals surface area (Å²) >= 11 is 0. The van der Waals surface area contributed by atoms with Gasteiger partial charge in [-0.05, 0) is 63.4 Å². The van der Waals surface area contributed by atoms with Crippen molar-refractivity contribution in [3.8, 4) is 5.75 Å². The minimum atomic E-state index is 0. The molecule has 3 nitrogen and oxygen atoms in total. The van der Waals surface area contributed by atoms with Gasteiger partial charge >= 0.3 is 0 Å². The number of methoxy groups -OCH3 is 1. The van der Waals surface area contributed by atoms with Gasteiger partial charge in [0.1, 0.15) is 5.75 Å². The van der Waals surface area contributed by atoms with Crippen LogP contribution in [0.3, 0.4) is 0 Å². The molecule has 1 atom stereocenters. The van der Waals surface area contributed by atoms with Crippen molar-refractivity contribution in [1.29, 1.82) is 0 Å². The van der Waals surface area contributed by atoms with Crippen LogP contribution in [0.2, 0.25) is 0 Å². The molecule has 1 aliphatic rings. The summed E-state index contributed by atoms with van der Waals surface area (Å²) in [6, 6.07) is 7.04. The number of aromatic nitrogens is 1. The monoisotopic (exact) mass is 322 g/mol. The molecule has 0 aliphatic carbocycles. The molecule has 4 heteroatoms. The van der Waals surface area contributed by atoms with Gasteiger partial charge in [0.15, 0.2) is 0 Å². The van der Waals surface area contributed by atoms with Gasteiger partial charge < -0.3 is 14.6 Å². The lowest BCUT2D eigenvalue weighted by molar-refractivity contribution is 0.163. The minimum Gasteiger partial charge on any atom is -0.497 e. The van der Waals surface area contributed by atoms with Gasteiger partial charge in [-0.1, -0.05) is 6.42 Å². The first kappa shape index (κ1) is 17.2. The average molecular weight is 323 g/mol. The first-order valence-corrected chi connectivity index (χ1v) is 8.08. The molecule has 3 rings (SSSR count). The molecule has 0 saturated carbocycles. The van der Waals surface area contributed by atoms with Gasteiger partial charge in [-0.15, -0.1) is 12.4 Å². The van der Waals surface area contributed by atoms with E-state index < -0.39 is 0 Å². The Morgan fingerprint density at radius 3 is 2.86 bits per heavy atom. The Labute approximate surface area is 139 Å². The Bertz CT molecular complexity index is 623. The van der Waals surface area contributed by atoms with Gasteiger partial charge in [0.25, 0.3) is 0 Å². The number of nitrogens with one attached hydrogen (secondary N) is 1. The number of fused-ring (bicyclic) bond motifs is 1. The molecule has 1 N–H and O–H groups in total. The fourth-order valence-corrected chi connectivity index (χ4v) is 3.56.